The number of hydrogen-bond donors (Lipinski definition) is 2. The summed E-state index contributed by atoms with van der Waals surface area (Å²) in [6.07, 6.45) is 0.743. The first kappa shape index (κ1) is 17.5. The van der Waals surface area contributed by atoms with Gasteiger partial charge in [0.2, 0.25) is 5.91 Å². The molecule has 0 bridgehead atoms. The van der Waals surface area contributed by atoms with Crippen molar-refractivity contribution in [2.45, 2.75) is 26.8 Å². The zero-order valence-electron chi connectivity index (χ0n) is 15.6. The Kier molecular flexibility index (Phi) is 4.54. The van der Waals surface area contributed by atoms with Gasteiger partial charge in [-0.2, -0.15) is 0 Å². The molecule has 1 aliphatic rings. The van der Waals surface area contributed by atoms with Crippen LogP contribution in [0.4, 0.5) is 5.69 Å². The number of fused-ring (bicyclic) bond motifs is 2. The maximum absolute atomic E-state index is 13.0. The monoisotopic (exact) mass is 361 g/mol. The highest BCUT2D eigenvalue weighted by molar-refractivity contribution is 5.92. The van der Waals surface area contributed by atoms with Crippen LogP contribution >= 0.6 is 0 Å². The summed E-state index contributed by atoms with van der Waals surface area (Å²) >= 11 is 0. The van der Waals surface area contributed by atoms with Crippen molar-refractivity contribution < 1.29 is 4.79 Å². The molecule has 138 valence electrons. The number of aromatic nitrogens is 1. The SMILES string of the molecule is Cc1ccc2c(=O)c3c([nH]c2c1C)CCN(CC(=O)Nc1ccccc1)C3. The first-order chi connectivity index (χ1) is 13.0. The fraction of sp³-hybridized carbons (Fsp3) is 0.273. The number of carbonyl (C=O) groups is 1. The van der Waals surface area contributed by atoms with Gasteiger partial charge in [-0.15, -0.1) is 0 Å². The van der Waals surface area contributed by atoms with Gasteiger partial charge in [0.25, 0.3) is 0 Å². The van der Waals surface area contributed by atoms with Crippen molar-refractivity contribution in [3.05, 3.63) is 75.1 Å². The summed E-state index contributed by atoms with van der Waals surface area (Å²) < 4.78 is 0. The van der Waals surface area contributed by atoms with Crippen LogP contribution < -0.4 is 10.7 Å². The lowest BCUT2D eigenvalue weighted by Gasteiger charge is -2.28. The second-order valence-electron chi connectivity index (χ2n) is 7.22. The Morgan fingerprint density at radius 3 is 2.70 bits per heavy atom. The van der Waals surface area contributed by atoms with Crippen molar-refractivity contribution in [2.75, 3.05) is 18.4 Å². The maximum Gasteiger partial charge on any atom is 0.238 e. The van der Waals surface area contributed by atoms with E-state index in [0.29, 0.717) is 6.54 Å². The Labute approximate surface area is 158 Å². The van der Waals surface area contributed by atoms with Crippen LogP contribution in [0.1, 0.15) is 22.4 Å². The highest BCUT2D eigenvalue weighted by Crippen LogP contribution is 2.22. The molecule has 1 aliphatic heterocycles. The molecule has 2 heterocycles. The fourth-order valence-corrected chi connectivity index (χ4v) is 3.71. The van der Waals surface area contributed by atoms with Gasteiger partial charge in [-0.1, -0.05) is 24.3 Å². The molecule has 27 heavy (non-hydrogen) atoms. The number of carbonyl (C=O) groups excluding carboxylic acids is 1. The van der Waals surface area contributed by atoms with Crippen LogP contribution in [-0.2, 0) is 17.8 Å². The summed E-state index contributed by atoms with van der Waals surface area (Å²) in [5.74, 6) is -0.0617. The third-order valence-corrected chi connectivity index (χ3v) is 5.38. The molecule has 5 nitrogen and oxygen atoms in total. The van der Waals surface area contributed by atoms with Crippen molar-refractivity contribution in [3.8, 4) is 0 Å². The van der Waals surface area contributed by atoms with E-state index >= 15 is 0 Å². The van der Waals surface area contributed by atoms with Crippen molar-refractivity contribution >= 4 is 22.5 Å². The zero-order valence-corrected chi connectivity index (χ0v) is 15.6. The molecule has 0 fully saturated rings. The number of nitrogens with zero attached hydrogens (tertiary/aromatic N) is 1. The Morgan fingerprint density at radius 1 is 1.15 bits per heavy atom. The Balaban J connectivity index is 1.56. The van der Waals surface area contributed by atoms with Crippen LogP contribution in [0.25, 0.3) is 10.9 Å². The van der Waals surface area contributed by atoms with E-state index in [-0.39, 0.29) is 17.9 Å². The standard InChI is InChI=1S/C22H23N3O2/c1-14-8-9-17-21(15(14)2)24-19-10-11-25(12-18(19)22(17)27)13-20(26)23-16-6-4-3-5-7-16/h3-9H,10-13H2,1-2H3,(H,23,26)(H,24,27). The van der Waals surface area contributed by atoms with Gasteiger partial charge in [-0.05, 0) is 43.2 Å². The third kappa shape index (κ3) is 3.38. The number of rotatable bonds is 3. The molecule has 2 aromatic carbocycles. The first-order valence-corrected chi connectivity index (χ1v) is 9.24. The molecule has 0 unspecified atom stereocenters. The second-order valence-corrected chi connectivity index (χ2v) is 7.22. The highest BCUT2D eigenvalue weighted by Gasteiger charge is 2.23. The number of anilines is 1. The van der Waals surface area contributed by atoms with Gasteiger partial charge in [-0.3, -0.25) is 14.5 Å². The summed E-state index contributed by atoms with van der Waals surface area (Å²) in [5.41, 5.74) is 5.88. The molecule has 0 aliphatic carbocycles. The number of nitrogens with one attached hydrogen (secondary N) is 2. The predicted molar refractivity (Wildman–Crippen MR) is 108 cm³/mol. The van der Waals surface area contributed by atoms with Crippen LogP contribution in [0.5, 0.6) is 0 Å². The van der Waals surface area contributed by atoms with Crippen LogP contribution in [-0.4, -0.2) is 28.9 Å². The van der Waals surface area contributed by atoms with Crippen molar-refractivity contribution in [2.24, 2.45) is 0 Å². The Hall–Kier alpha value is -2.92. The van der Waals surface area contributed by atoms with Gasteiger partial charge in [0.05, 0.1) is 12.1 Å². The van der Waals surface area contributed by atoms with Crippen molar-refractivity contribution in [1.29, 1.82) is 0 Å². The lowest BCUT2D eigenvalue weighted by atomic mass is 9.99. The van der Waals surface area contributed by atoms with E-state index in [9.17, 15) is 9.59 Å². The van der Waals surface area contributed by atoms with E-state index in [0.717, 1.165) is 46.4 Å². The van der Waals surface area contributed by atoms with E-state index < -0.39 is 0 Å². The van der Waals surface area contributed by atoms with Crippen molar-refractivity contribution in [3.63, 3.8) is 0 Å². The molecule has 5 heteroatoms. The summed E-state index contributed by atoms with van der Waals surface area (Å²) in [4.78, 5) is 30.9. The number of benzene rings is 2. The van der Waals surface area contributed by atoms with Gasteiger partial charge >= 0.3 is 0 Å². The molecule has 0 radical (unpaired) electrons. The fourth-order valence-electron chi connectivity index (χ4n) is 3.71. The van der Waals surface area contributed by atoms with E-state index in [4.69, 9.17) is 0 Å². The molecule has 0 spiro atoms. The third-order valence-electron chi connectivity index (χ3n) is 5.38. The molecule has 0 saturated carbocycles. The summed E-state index contributed by atoms with van der Waals surface area (Å²) in [7, 11) is 0. The molecular formula is C22H23N3O2. The van der Waals surface area contributed by atoms with Gasteiger partial charge in [0, 0.05) is 41.8 Å². The molecule has 0 atom stereocenters. The smallest absolute Gasteiger partial charge is 0.238 e. The first-order valence-electron chi connectivity index (χ1n) is 9.24. The van der Waals surface area contributed by atoms with Gasteiger partial charge in [0.1, 0.15) is 0 Å². The minimum Gasteiger partial charge on any atom is -0.358 e. The topological polar surface area (TPSA) is 65.2 Å². The average Bonchev–Trinajstić information content (AvgIpc) is 2.66. The molecule has 4 rings (SSSR count). The largest absolute Gasteiger partial charge is 0.358 e. The molecule has 3 aromatic rings. The molecule has 0 saturated heterocycles. The second kappa shape index (κ2) is 7.00. The number of aromatic amines is 1. The summed E-state index contributed by atoms with van der Waals surface area (Å²) in [6.45, 7) is 5.62. The number of para-hydroxylation sites is 1. The number of amides is 1. The van der Waals surface area contributed by atoms with Gasteiger partial charge in [0.15, 0.2) is 5.43 Å². The zero-order chi connectivity index (χ0) is 19.0. The maximum atomic E-state index is 13.0. The van der Waals surface area contributed by atoms with Crippen molar-refractivity contribution in [1.82, 2.24) is 9.88 Å². The molecular weight excluding hydrogens is 338 g/mol. The van der Waals surface area contributed by atoms with E-state index in [1.54, 1.807) is 0 Å². The minimum absolute atomic E-state index is 0.0617. The van der Waals surface area contributed by atoms with Crippen LogP contribution in [0, 0.1) is 13.8 Å². The summed E-state index contributed by atoms with van der Waals surface area (Å²) in [5, 5.41) is 3.63. The average molecular weight is 361 g/mol. The number of aryl methyl sites for hydroxylation is 2. The molecule has 1 aromatic heterocycles. The van der Waals surface area contributed by atoms with Crippen LogP contribution in [0.3, 0.4) is 0 Å². The normalized spacial score (nSPS) is 14.1. The number of pyridine rings is 1. The Bertz CT molecular complexity index is 1070. The molecule has 2 N–H and O–H groups in total. The minimum atomic E-state index is -0.0617. The lowest BCUT2D eigenvalue weighted by Crippen LogP contribution is -2.39. The number of hydrogen-bond acceptors (Lipinski definition) is 3. The summed E-state index contributed by atoms with van der Waals surface area (Å²) in [6, 6.07) is 13.3. The number of H-pyrrole nitrogens is 1. The van der Waals surface area contributed by atoms with E-state index in [2.05, 4.69) is 17.2 Å². The van der Waals surface area contributed by atoms with E-state index in [1.807, 2.05) is 54.3 Å². The van der Waals surface area contributed by atoms with Gasteiger partial charge < -0.3 is 10.3 Å². The molecule has 1 amide bonds. The quantitative estimate of drug-likeness (QED) is 0.753. The predicted octanol–water partition coefficient (Wildman–Crippen LogP) is 3.14. The van der Waals surface area contributed by atoms with Crippen LogP contribution in [0.2, 0.25) is 0 Å². The van der Waals surface area contributed by atoms with Crippen LogP contribution in [0.15, 0.2) is 47.3 Å². The van der Waals surface area contributed by atoms with Gasteiger partial charge in [-0.25, -0.2) is 0 Å². The lowest BCUT2D eigenvalue weighted by molar-refractivity contribution is -0.117. The van der Waals surface area contributed by atoms with E-state index in [1.165, 1.54) is 5.56 Å². The highest BCUT2D eigenvalue weighted by atomic mass is 16.2. The Morgan fingerprint density at radius 2 is 1.93 bits per heavy atom.